The van der Waals surface area contributed by atoms with E-state index in [-0.39, 0.29) is 5.91 Å². The van der Waals surface area contributed by atoms with Crippen molar-refractivity contribution >= 4 is 23.5 Å². The maximum Gasteiger partial charge on any atom is 0.349 e. The van der Waals surface area contributed by atoms with Gasteiger partial charge in [0.15, 0.2) is 5.60 Å². The maximum absolute atomic E-state index is 12.1. The SMILES string of the molecule is CCOC(=O)C(C)(C)Oc1ccc(CCNC(=O)c2ccc(Cl)cc2)cc1. The fourth-order valence-corrected chi connectivity index (χ4v) is 2.52. The van der Waals surface area contributed by atoms with Crippen LogP contribution in [0.4, 0.5) is 0 Å². The fourth-order valence-electron chi connectivity index (χ4n) is 2.39. The Hall–Kier alpha value is -2.53. The van der Waals surface area contributed by atoms with E-state index in [4.69, 9.17) is 21.1 Å². The number of halogens is 1. The molecule has 0 radical (unpaired) electrons. The number of carbonyl (C=O) groups excluding carboxylic acids is 2. The zero-order valence-corrected chi connectivity index (χ0v) is 16.5. The summed E-state index contributed by atoms with van der Waals surface area (Å²) in [5.74, 6) is 0.0452. The van der Waals surface area contributed by atoms with E-state index in [9.17, 15) is 9.59 Å². The molecule has 144 valence electrons. The molecular formula is C21H24ClNO4. The van der Waals surface area contributed by atoms with Gasteiger partial charge in [-0.05, 0) is 69.2 Å². The highest BCUT2D eigenvalue weighted by Gasteiger charge is 2.31. The van der Waals surface area contributed by atoms with Crippen LogP contribution in [-0.2, 0) is 16.0 Å². The molecular weight excluding hydrogens is 366 g/mol. The highest BCUT2D eigenvalue weighted by molar-refractivity contribution is 6.30. The van der Waals surface area contributed by atoms with Crippen LogP contribution >= 0.6 is 11.6 Å². The van der Waals surface area contributed by atoms with Crippen molar-refractivity contribution in [3.05, 3.63) is 64.7 Å². The zero-order valence-electron chi connectivity index (χ0n) is 15.8. The van der Waals surface area contributed by atoms with Crippen molar-refractivity contribution < 1.29 is 19.1 Å². The number of hydrogen-bond acceptors (Lipinski definition) is 4. The third-order valence-electron chi connectivity index (χ3n) is 3.87. The Bertz CT molecular complexity index is 770. The van der Waals surface area contributed by atoms with Crippen LogP contribution in [0.2, 0.25) is 5.02 Å². The molecule has 0 saturated heterocycles. The van der Waals surface area contributed by atoms with Crippen molar-refractivity contribution in [1.29, 1.82) is 0 Å². The number of nitrogens with one attached hydrogen (secondary N) is 1. The third-order valence-corrected chi connectivity index (χ3v) is 4.12. The topological polar surface area (TPSA) is 64.6 Å². The van der Waals surface area contributed by atoms with Gasteiger partial charge in [-0.3, -0.25) is 4.79 Å². The molecule has 2 rings (SSSR count). The average Bonchev–Trinajstić information content (AvgIpc) is 2.63. The lowest BCUT2D eigenvalue weighted by atomic mass is 10.1. The Morgan fingerprint density at radius 1 is 1.04 bits per heavy atom. The van der Waals surface area contributed by atoms with E-state index in [1.807, 2.05) is 12.1 Å². The van der Waals surface area contributed by atoms with E-state index in [1.54, 1.807) is 57.2 Å². The van der Waals surface area contributed by atoms with Crippen molar-refractivity contribution in [2.24, 2.45) is 0 Å². The second-order valence-corrected chi connectivity index (χ2v) is 6.93. The molecule has 2 aromatic carbocycles. The summed E-state index contributed by atoms with van der Waals surface area (Å²) in [6, 6.07) is 14.2. The van der Waals surface area contributed by atoms with Gasteiger partial charge < -0.3 is 14.8 Å². The molecule has 0 bridgehead atoms. The first kappa shape index (κ1) is 20.8. The summed E-state index contributed by atoms with van der Waals surface area (Å²) in [5, 5.41) is 3.47. The van der Waals surface area contributed by atoms with Crippen molar-refractivity contribution in [2.75, 3.05) is 13.2 Å². The largest absolute Gasteiger partial charge is 0.476 e. The summed E-state index contributed by atoms with van der Waals surface area (Å²) in [6.07, 6.45) is 0.681. The van der Waals surface area contributed by atoms with Gasteiger partial charge >= 0.3 is 5.97 Å². The molecule has 0 saturated carbocycles. The van der Waals surface area contributed by atoms with Gasteiger partial charge in [0.2, 0.25) is 0 Å². The first-order valence-corrected chi connectivity index (χ1v) is 9.18. The lowest BCUT2D eigenvalue weighted by molar-refractivity contribution is -0.158. The smallest absolute Gasteiger partial charge is 0.349 e. The summed E-state index contributed by atoms with van der Waals surface area (Å²) >= 11 is 5.82. The molecule has 0 spiro atoms. The number of esters is 1. The Morgan fingerprint density at radius 2 is 1.67 bits per heavy atom. The summed E-state index contributed by atoms with van der Waals surface area (Å²) in [5.41, 5.74) is 0.571. The van der Waals surface area contributed by atoms with Crippen LogP contribution in [0.1, 0.15) is 36.7 Å². The number of carbonyl (C=O) groups is 2. The second-order valence-electron chi connectivity index (χ2n) is 6.49. The van der Waals surface area contributed by atoms with Crippen molar-refractivity contribution in [1.82, 2.24) is 5.32 Å². The van der Waals surface area contributed by atoms with Gasteiger partial charge in [0.25, 0.3) is 5.91 Å². The number of benzene rings is 2. The van der Waals surface area contributed by atoms with Crippen molar-refractivity contribution in [3.8, 4) is 5.75 Å². The molecule has 0 aromatic heterocycles. The molecule has 0 fully saturated rings. The van der Waals surface area contributed by atoms with Crippen LogP contribution in [0, 0.1) is 0 Å². The molecule has 0 unspecified atom stereocenters. The Morgan fingerprint density at radius 3 is 2.26 bits per heavy atom. The standard InChI is InChI=1S/C21H24ClNO4/c1-4-26-20(25)21(2,3)27-18-11-5-15(6-12-18)13-14-23-19(24)16-7-9-17(22)10-8-16/h5-12H,4,13-14H2,1-3H3,(H,23,24). The predicted octanol–water partition coefficient (Wildman–Crippen LogP) is 4.03. The second kappa shape index (κ2) is 9.42. The molecule has 0 heterocycles. The van der Waals surface area contributed by atoms with Gasteiger partial charge in [-0.25, -0.2) is 4.79 Å². The summed E-state index contributed by atoms with van der Waals surface area (Å²) in [6.45, 7) is 5.92. The quantitative estimate of drug-likeness (QED) is 0.692. The van der Waals surface area contributed by atoms with Gasteiger partial charge in [0.05, 0.1) is 6.61 Å². The number of hydrogen-bond donors (Lipinski definition) is 1. The van der Waals surface area contributed by atoms with Crippen LogP contribution in [0.25, 0.3) is 0 Å². The van der Waals surface area contributed by atoms with Gasteiger partial charge in [-0.1, -0.05) is 23.7 Å². The molecule has 6 heteroatoms. The summed E-state index contributed by atoms with van der Waals surface area (Å²) in [4.78, 5) is 23.9. The molecule has 2 aromatic rings. The fraction of sp³-hybridized carbons (Fsp3) is 0.333. The maximum atomic E-state index is 12.1. The normalized spacial score (nSPS) is 11.0. The molecule has 0 aliphatic carbocycles. The van der Waals surface area contributed by atoms with Gasteiger partial charge in [-0.2, -0.15) is 0 Å². The molecule has 1 N–H and O–H groups in total. The lowest BCUT2D eigenvalue weighted by Crippen LogP contribution is -2.39. The van der Waals surface area contributed by atoms with E-state index >= 15 is 0 Å². The van der Waals surface area contributed by atoms with Crippen LogP contribution in [-0.4, -0.2) is 30.6 Å². The van der Waals surface area contributed by atoms with Gasteiger partial charge in [-0.15, -0.1) is 0 Å². The zero-order chi connectivity index (χ0) is 19.9. The van der Waals surface area contributed by atoms with Crippen LogP contribution in [0.15, 0.2) is 48.5 Å². The third kappa shape index (κ3) is 6.29. The minimum absolute atomic E-state index is 0.136. The monoisotopic (exact) mass is 389 g/mol. The highest BCUT2D eigenvalue weighted by atomic mass is 35.5. The Balaban J connectivity index is 1.84. The lowest BCUT2D eigenvalue weighted by Gasteiger charge is -2.24. The van der Waals surface area contributed by atoms with E-state index in [0.29, 0.717) is 35.9 Å². The van der Waals surface area contributed by atoms with Crippen molar-refractivity contribution in [2.45, 2.75) is 32.8 Å². The van der Waals surface area contributed by atoms with Crippen LogP contribution in [0.5, 0.6) is 5.75 Å². The number of rotatable bonds is 8. The average molecular weight is 390 g/mol. The number of amides is 1. The summed E-state index contributed by atoms with van der Waals surface area (Å²) in [7, 11) is 0. The minimum atomic E-state index is -1.05. The molecule has 27 heavy (non-hydrogen) atoms. The predicted molar refractivity (Wildman–Crippen MR) is 105 cm³/mol. The Labute approximate surface area is 164 Å². The summed E-state index contributed by atoms with van der Waals surface area (Å²) < 4.78 is 10.7. The van der Waals surface area contributed by atoms with Crippen LogP contribution < -0.4 is 10.1 Å². The first-order valence-electron chi connectivity index (χ1n) is 8.81. The van der Waals surface area contributed by atoms with E-state index in [1.165, 1.54) is 0 Å². The van der Waals surface area contributed by atoms with E-state index in [2.05, 4.69) is 5.32 Å². The van der Waals surface area contributed by atoms with Crippen LogP contribution in [0.3, 0.4) is 0 Å². The van der Waals surface area contributed by atoms with Crippen molar-refractivity contribution in [3.63, 3.8) is 0 Å². The van der Waals surface area contributed by atoms with E-state index < -0.39 is 11.6 Å². The number of ether oxygens (including phenoxy) is 2. The molecule has 0 aliphatic heterocycles. The van der Waals surface area contributed by atoms with E-state index in [0.717, 1.165) is 5.56 Å². The first-order chi connectivity index (χ1) is 12.8. The Kier molecular flexibility index (Phi) is 7.25. The highest BCUT2D eigenvalue weighted by Crippen LogP contribution is 2.20. The molecule has 0 atom stereocenters. The van der Waals surface area contributed by atoms with Gasteiger partial charge in [0.1, 0.15) is 5.75 Å². The van der Waals surface area contributed by atoms with Gasteiger partial charge in [0, 0.05) is 17.1 Å². The molecule has 0 aliphatic rings. The molecule has 5 nitrogen and oxygen atoms in total. The minimum Gasteiger partial charge on any atom is -0.476 e. The molecule has 1 amide bonds.